The summed E-state index contributed by atoms with van der Waals surface area (Å²) in [6.45, 7) is 4.88. The molecule has 0 spiro atoms. The van der Waals surface area contributed by atoms with E-state index in [1.54, 1.807) is 30.6 Å². The summed E-state index contributed by atoms with van der Waals surface area (Å²) in [7, 11) is 1.60. The Hall–Kier alpha value is -2.86. The van der Waals surface area contributed by atoms with Crippen LogP contribution in [0.5, 0.6) is 11.5 Å². The van der Waals surface area contributed by atoms with Crippen molar-refractivity contribution in [3.05, 3.63) is 76.2 Å². The first-order chi connectivity index (χ1) is 13.6. The molecule has 0 saturated carbocycles. The third kappa shape index (κ3) is 5.10. The first-order valence-corrected chi connectivity index (χ1v) is 10.0. The minimum atomic E-state index is -0.0380. The van der Waals surface area contributed by atoms with Gasteiger partial charge in [0, 0.05) is 17.0 Å². The predicted octanol–water partition coefficient (Wildman–Crippen LogP) is 4.78. The fourth-order valence-corrected chi connectivity index (χ4v) is 3.43. The molecule has 0 atom stereocenters. The molecule has 1 heterocycles. The number of ether oxygens (including phenoxy) is 2. The van der Waals surface area contributed by atoms with Gasteiger partial charge < -0.3 is 14.4 Å². The smallest absolute Gasteiger partial charge is 0.254 e. The lowest BCUT2D eigenvalue weighted by molar-refractivity contribution is 0.0687. The Labute approximate surface area is 169 Å². The normalized spacial score (nSPS) is 10.7. The van der Waals surface area contributed by atoms with Gasteiger partial charge in [-0.05, 0) is 44.2 Å². The van der Waals surface area contributed by atoms with Crippen molar-refractivity contribution in [1.29, 1.82) is 0 Å². The Kier molecular flexibility index (Phi) is 6.66. The van der Waals surface area contributed by atoms with E-state index in [4.69, 9.17) is 9.47 Å². The van der Waals surface area contributed by atoms with Gasteiger partial charge >= 0.3 is 0 Å². The maximum absolute atomic E-state index is 13.0. The molecule has 0 aliphatic heterocycles. The second-order valence-corrected chi connectivity index (χ2v) is 7.54. The Balaban J connectivity index is 1.67. The molecule has 0 radical (unpaired) electrons. The number of nitrogens with zero attached hydrogens (tertiary/aromatic N) is 2. The number of amides is 1. The van der Waals surface area contributed by atoms with Gasteiger partial charge in [-0.3, -0.25) is 4.79 Å². The summed E-state index contributed by atoms with van der Waals surface area (Å²) in [6.07, 6.45) is 0. The first-order valence-electron chi connectivity index (χ1n) is 9.13. The quantitative estimate of drug-likeness (QED) is 0.550. The minimum absolute atomic E-state index is 0.0380. The third-order valence-electron chi connectivity index (χ3n) is 4.24. The van der Waals surface area contributed by atoms with Crippen LogP contribution in [0.25, 0.3) is 0 Å². The summed E-state index contributed by atoms with van der Waals surface area (Å²) in [5.74, 6) is 1.45. The lowest BCUT2D eigenvalue weighted by Crippen LogP contribution is -2.36. The minimum Gasteiger partial charge on any atom is -0.497 e. The molecule has 5 nitrogen and oxygen atoms in total. The Morgan fingerprint density at radius 3 is 2.57 bits per heavy atom. The van der Waals surface area contributed by atoms with Gasteiger partial charge in [0.05, 0.1) is 19.3 Å². The van der Waals surface area contributed by atoms with Crippen molar-refractivity contribution < 1.29 is 14.3 Å². The molecule has 146 valence electrons. The van der Waals surface area contributed by atoms with E-state index in [9.17, 15) is 4.79 Å². The summed E-state index contributed by atoms with van der Waals surface area (Å²) >= 11 is 1.54. The number of thiazole rings is 1. The van der Waals surface area contributed by atoms with Crippen molar-refractivity contribution in [1.82, 2.24) is 9.88 Å². The molecule has 3 rings (SSSR count). The summed E-state index contributed by atoms with van der Waals surface area (Å²) in [4.78, 5) is 19.4. The lowest BCUT2D eigenvalue weighted by atomic mass is 10.1. The second kappa shape index (κ2) is 9.37. The largest absolute Gasteiger partial charge is 0.497 e. The molecule has 0 bridgehead atoms. The fourth-order valence-electron chi connectivity index (χ4n) is 2.73. The molecule has 1 aromatic heterocycles. The van der Waals surface area contributed by atoms with E-state index in [-0.39, 0.29) is 11.9 Å². The Morgan fingerprint density at radius 1 is 1.11 bits per heavy atom. The van der Waals surface area contributed by atoms with Crippen LogP contribution in [0.15, 0.2) is 60.0 Å². The van der Waals surface area contributed by atoms with Gasteiger partial charge in [-0.15, -0.1) is 11.3 Å². The Morgan fingerprint density at radius 2 is 1.86 bits per heavy atom. The highest BCUT2D eigenvalue weighted by molar-refractivity contribution is 7.09. The van der Waals surface area contributed by atoms with E-state index in [0.717, 1.165) is 16.5 Å². The van der Waals surface area contributed by atoms with Gasteiger partial charge in [-0.2, -0.15) is 0 Å². The molecule has 1 amide bonds. The standard InChI is InChI=1S/C22H24N2O3S/c1-16(2)24(22(25)17-8-7-11-20(12-17)26-3)13-18-15-28-21(23-18)14-27-19-9-5-4-6-10-19/h4-12,15-16H,13-14H2,1-3H3. The van der Waals surface area contributed by atoms with E-state index in [0.29, 0.717) is 24.5 Å². The SMILES string of the molecule is COc1cccc(C(=O)N(Cc2csc(COc3ccccc3)n2)C(C)C)c1. The number of carbonyl (C=O) groups excluding carboxylic acids is 1. The van der Waals surface area contributed by atoms with Crippen LogP contribution < -0.4 is 9.47 Å². The van der Waals surface area contributed by atoms with Crippen LogP contribution in [-0.4, -0.2) is 28.9 Å². The summed E-state index contributed by atoms with van der Waals surface area (Å²) in [6, 6.07) is 16.9. The zero-order valence-electron chi connectivity index (χ0n) is 16.3. The topological polar surface area (TPSA) is 51.7 Å². The average molecular weight is 397 g/mol. The average Bonchev–Trinajstić information content (AvgIpc) is 3.18. The predicted molar refractivity (Wildman–Crippen MR) is 111 cm³/mol. The van der Waals surface area contributed by atoms with Crippen LogP contribution in [0.2, 0.25) is 0 Å². The maximum atomic E-state index is 13.0. The molecule has 0 N–H and O–H groups in total. The highest BCUT2D eigenvalue weighted by Crippen LogP contribution is 2.20. The van der Waals surface area contributed by atoms with Crippen LogP contribution in [0, 0.1) is 0 Å². The molecule has 3 aromatic rings. The monoisotopic (exact) mass is 396 g/mol. The number of para-hydroxylation sites is 1. The number of hydrogen-bond acceptors (Lipinski definition) is 5. The van der Waals surface area contributed by atoms with E-state index in [2.05, 4.69) is 4.98 Å². The van der Waals surface area contributed by atoms with Crippen molar-refractivity contribution in [2.45, 2.75) is 33.0 Å². The zero-order valence-corrected chi connectivity index (χ0v) is 17.1. The highest BCUT2D eigenvalue weighted by atomic mass is 32.1. The van der Waals surface area contributed by atoms with E-state index >= 15 is 0 Å². The van der Waals surface area contributed by atoms with Crippen molar-refractivity contribution in [2.24, 2.45) is 0 Å². The van der Waals surface area contributed by atoms with Crippen LogP contribution in [0.1, 0.15) is 34.9 Å². The molecule has 0 unspecified atom stereocenters. The number of rotatable bonds is 8. The van der Waals surface area contributed by atoms with E-state index in [1.165, 1.54) is 0 Å². The summed E-state index contributed by atoms with van der Waals surface area (Å²) in [5, 5.41) is 2.87. The number of benzene rings is 2. The molecule has 2 aromatic carbocycles. The molecule has 0 fully saturated rings. The van der Waals surface area contributed by atoms with Gasteiger partial charge in [-0.25, -0.2) is 4.98 Å². The van der Waals surface area contributed by atoms with Crippen molar-refractivity contribution in [3.8, 4) is 11.5 Å². The first kappa shape index (κ1) is 19.9. The van der Waals surface area contributed by atoms with Gasteiger partial charge in [0.15, 0.2) is 0 Å². The van der Waals surface area contributed by atoms with E-state index < -0.39 is 0 Å². The highest BCUT2D eigenvalue weighted by Gasteiger charge is 2.20. The van der Waals surface area contributed by atoms with Gasteiger partial charge in [0.2, 0.25) is 0 Å². The molecule has 0 aliphatic rings. The van der Waals surface area contributed by atoms with Crippen LogP contribution in [0.4, 0.5) is 0 Å². The summed E-state index contributed by atoms with van der Waals surface area (Å²) in [5.41, 5.74) is 1.47. The van der Waals surface area contributed by atoms with Gasteiger partial charge in [0.1, 0.15) is 23.1 Å². The van der Waals surface area contributed by atoms with Gasteiger partial charge in [-0.1, -0.05) is 24.3 Å². The van der Waals surface area contributed by atoms with Crippen LogP contribution >= 0.6 is 11.3 Å². The van der Waals surface area contributed by atoms with Crippen molar-refractivity contribution in [3.63, 3.8) is 0 Å². The molecule has 0 aliphatic carbocycles. The molecule has 0 saturated heterocycles. The number of hydrogen-bond donors (Lipinski definition) is 0. The number of carbonyl (C=O) groups is 1. The molecular formula is C22H24N2O3S. The summed E-state index contributed by atoms with van der Waals surface area (Å²) < 4.78 is 11.0. The number of aromatic nitrogens is 1. The molecule has 6 heteroatoms. The van der Waals surface area contributed by atoms with E-state index in [1.807, 2.05) is 66.6 Å². The third-order valence-corrected chi connectivity index (χ3v) is 5.11. The fraction of sp³-hybridized carbons (Fsp3) is 0.273. The number of methoxy groups -OCH3 is 1. The van der Waals surface area contributed by atoms with Crippen molar-refractivity contribution >= 4 is 17.2 Å². The zero-order chi connectivity index (χ0) is 19.9. The second-order valence-electron chi connectivity index (χ2n) is 6.59. The molecule has 28 heavy (non-hydrogen) atoms. The lowest BCUT2D eigenvalue weighted by Gasteiger charge is -2.26. The van der Waals surface area contributed by atoms with Crippen LogP contribution in [0.3, 0.4) is 0 Å². The van der Waals surface area contributed by atoms with Gasteiger partial charge in [0.25, 0.3) is 5.91 Å². The van der Waals surface area contributed by atoms with Crippen molar-refractivity contribution in [2.75, 3.05) is 7.11 Å². The molecular weight excluding hydrogens is 372 g/mol. The van der Waals surface area contributed by atoms with Crippen LogP contribution in [-0.2, 0) is 13.2 Å². The Bertz CT molecular complexity index is 909. The maximum Gasteiger partial charge on any atom is 0.254 e.